The summed E-state index contributed by atoms with van der Waals surface area (Å²) in [5.74, 6) is 0.357. The minimum Gasteiger partial charge on any atom is -0.487 e. The molecule has 2 amide bonds. The van der Waals surface area contributed by atoms with Gasteiger partial charge in [0.15, 0.2) is 0 Å². The van der Waals surface area contributed by atoms with Crippen LogP contribution in [0.1, 0.15) is 16.7 Å². The minimum absolute atomic E-state index is 0.142. The Bertz CT molecular complexity index is 1220. The van der Waals surface area contributed by atoms with Gasteiger partial charge in [0.05, 0.1) is 15.0 Å². The average Bonchev–Trinajstić information content (AvgIpc) is 3.02. The molecule has 0 saturated carbocycles. The number of carbonyl (C=O) groups is 2. The number of halogens is 3. The third kappa shape index (κ3) is 5.49. The maximum absolute atomic E-state index is 13.0. The smallest absolute Gasteiger partial charge is 0.293 e. The maximum atomic E-state index is 13.0. The molecule has 3 aromatic carbocycles. The average molecular weight is 688 g/mol. The van der Waals surface area contributed by atoms with Gasteiger partial charge in [-0.3, -0.25) is 14.5 Å². The second-order valence-corrected chi connectivity index (χ2v) is 10.7. The third-order valence-electron chi connectivity index (χ3n) is 4.71. The van der Waals surface area contributed by atoms with Crippen LogP contribution in [0.4, 0.5) is 4.79 Å². The van der Waals surface area contributed by atoms with Crippen molar-refractivity contribution in [2.24, 2.45) is 0 Å². The van der Waals surface area contributed by atoms with Gasteiger partial charge in [-0.25, -0.2) is 0 Å². The van der Waals surface area contributed by atoms with Crippen molar-refractivity contribution in [1.29, 1.82) is 0 Å². The molecule has 162 valence electrons. The SMILES string of the molecule is O=C1S/C(=C\c2cc(I)cc(I)c2OCc2ccccc2)C(=O)N1Cc1ccccc1Cl. The van der Waals surface area contributed by atoms with Crippen molar-refractivity contribution in [1.82, 2.24) is 4.90 Å². The molecule has 8 heteroatoms. The summed E-state index contributed by atoms with van der Waals surface area (Å²) >= 11 is 11.6. The lowest BCUT2D eigenvalue weighted by Crippen LogP contribution is -2.27. The number of thioether (sulfide) groups is 1. The van der Waals surface area contributed by atoms with Gasteiger partial charge in [-0.15, -0.1) is 0 Å². The summed E-state index contributed by atoms with van der Waals surface area (Å²) in [4.78, 5) is 27.2. The van der Waals surface area contributed by atoms with Gasteiger partial charge < -0.3 is 4.74 Å². The van der Waals surface area contributed by atoms with E-state index in [2.05, 4.69) is 45.2 Å². The van der Waals surface area contributed by atoms with E-state index in [9.17, 15) is 9.59 Å². The van der Waals surface area contributed by atoms with Gasteiger partial charge >= 0.3 is 0 Å². The summed E-state index contributed by atoms with van der Waals surface area (Å²) < 4.78 is 8.08. The van der Waals surface area contributed by atoms with E-state index in [1.165, 1.54) is 4.90 Å². The van der Waals surface area contributed by atoms with Crippen LogP contribution in [0.15, 0.2) is 71.6 Å². The van der Waals surface area contributed by atoms with Gasteiger partial charge in [0.25, 0.3) is 11.1 Å². The fourth-order valence-electron chi connectivity index (χ4n) is 3.14. The Morgan fingerprint density at radius 2 is 1.72 bits per heavy atom. The molecule has 4 nitrogen and oxygen atoms in total. The molecular formula is C24H16ClI2NO3S. The molecule has 0 unspecified atom stereocenters. The highest BCUT2D eigenvalue weighted by molar-refractivity contribution is 14.1. The van der Waals surface area contributed by atoms with Crippen LogP contribution in [0.25, 0.3) is 6.08 Å². The van der Waals surface area contributed by atoms with Gasteiger partial charge in [0, 0.05) is 14.2 Å². The summed E-state index contributed by atoms with van der Waals surface area (Å²) in [6.45, 7) is 0.551. The monoisotopic (exact) mass is 687 g/mol. The summed E-state index contributed by atoms with van der Waals surface area (Å²) in [5.41, 5.74) is 2.54. The van der Waals surface area contributed by atoms with E-state index < -0.39 is 0 Å². The van der Waals surface area contributed by atoms with E-state index in [1.54, 1.807) is 12.1 Å². The molecule has 32 heavy (non-hydrogen) atoms. The summed E-state index contributed by atoms with van der Waals surface area (Å²) in [6.07, 6.45) is 1.74. The lowest BCUT2D eigenvalue weighted by atomic mass is 10.1. The topological polar surface area (TPSA) is 46.6 Å². The van der Waals surface area contributed by atoms with E-state index in [4.69, 9.17) is 16.3 Å². The highest BCUT2D eigenvalue weighted by Gasteiger charge is 2.35. The lowest BCUT2D eigenvalue weighted by Gasteiger charge is -2.14. The van der Waals surface area contributed by atoms with Crippen LogP contribution < -0.4 is 4.74 Å². The molecule has 0 radical (unpaired) electrons. The summed E-state index contributed by atoms with van der Waals surface area (Å²) in [6, 6.07) is 21.1. The number of amides is 2. The first kappa shape index (κ1) is 23.6. The highest BCUT2D eigenvalue weighted by atomic mass is 127. The first-order valence-corrected chi connectivity index (χ1v) is 12.9. The Morgan fingerprint density at radius 1 is 1.00 bits per heavy atom. The van der Waals surface area contributed by atoms with Crippen LogP contribution in [0.3, 0.4) is 0 Å². The number of rotatable bonds is 6. The number of imide groups is 1. The molecule has 0 spiro atoms. The van der Waals surface area contributed by atoms with E-state index in [-0.39, 0.29) is 17.7 Å². The van der Waals surface area contributed by atoms with Gasteiger partial charge in [0.2, 0.25) is 0 Å². The number of carbonyl (C=O) groups excluding carboxylic acids is 2. The van der Waals surface area contributed by atoms with Gasteiger partial charge in [-0.1, -0.05) is 60.1 Å². The molecule has 1 saturated heterocycles. The number of benzene rings is 3. The van der Waals surface area contributed by atoms with Crippen molar-refractivity contribution in [3.63, 3.8) is 0 Å². The predicted molar refractivity (Wildman–Crippen MR) is 146 cm³/mol. The molecule has 1 fully saturated rings. The number of hydrogen-bond acceptors (Lipinski definition) is 4. The fraction of sp³-hybridized carbons (Fsp3) is 0.0833. The Labute approximate surface area is 222 Å². The van der Waals surface area contributed by atoms with Crippen molar-refractivity contribution < 1.29 is 14.3 Å². The van der Waals surface area contributed by atoms with E-state index in [0.29, 0.717) is 22.3 Å². The van der Waals surface area contributed by atoms with Crippen LogP contribution >= 0.6 is 68.5 Å². The van der Waals surface area contributed by atoms with Crippen molar-refractivity contribution in [2.75, 3.05) is 0 Å². The van der Waals surface area contributed by atoms with Crippen LogP contribution in [0.5, 0.6) is 5.75 Å². The molecule has 0 aliphatic carbocycles. The van der Waals surface area contributed by atoms with Crippen LogP contribution in [-0.2, 0) is 17.9 Å². The lowest BCUT2D eigenvalue weighted by molar-refractivity contribution is -0.123. The maximum Gasteiger partial charge on any atom is 0.293 e. The van der Waals surface area contributed by atoms with E-state index in [0.717, 1.165) is 35.6 Å². The van der Waals surface area contributed by atoms with Crippen molar-refractivity contribution in [3.05, 3.63) is 100 Å². The van der Waals surface area contributed by atoms with Gasteiger partial charge in [-0.05, 0) is 92.3 Å². The largest absolute Gasteiger partial charge is 0.487 e. The van der Waals surface area contributed by atoms with Crippen LogP contribution in [0.2, 0.25) is 5.02 Å². The molecule has 0 bridgehead atoms. The van der Waals surface area contributed by atoms with E-state index in [1.807, 2.05) is 60.7 Å². The van der Waals surface area contributed by atoms with E-state index >= 15 is 0 Å². The number of ether oxygens (including phenoxy) is 1. The zero-order chi connectivity index (χ0) is 22.7. The normalized spacial score (nSPS) is 15.0. The van der Waals surface area contributed by atoms with Crippen LogP contribution in [-0.4, -0.2) is 16.0 Å². The Kier molecular flexibility index (Phi) is 7.80. The number of nitrogens with zero attached hydrogens (tertiary/aromatic N) is 1. The first-order valence-electron chi connectivity index (χ1n) is 9.57. The molecule has 1 aliphatic rings. The van der Waals surface area contributed by atoms with Gasteiger partial charge in [-0.2, -0.15) is 0 Å². The molecule has 1 aliphatic heterocycles. The molecule has 3 aromatic rings. The molecule has 0 aromatic heterocycles. The molecule has 4 rings (SSSR count). The van der Waals surface area contributed by atoms with Gasteiger partial charge in [0.1, 0.15) is 12.4 Å². The third-order valence-corrected chi connectivity index (χ3v) is 7.41. The number of hydrogen-bond donors (Lipinski definition) is 0. The zero-order valence-electron chi connectivity index (χ0n) is 16.6. The molecule has 1 heterocycles. The standard InChI is InChI=1S/C24H16ClI2NO3S/c25-19-9-5-4-8-16(19)13-28-23(29)21(32-24(28)30)11-17-10-18(26)12-20(27)22(17)31-14-15-6-2-1-3-7-15/h1-12H,13-14H2/b21-11-. The molecule has 0 atom stereocenters. The zero-order valence-corrected chi connectivity index (χ0v) is 22.4. The van der Waals surface area contributed by atoms with Crippen molar-refractivity contribution in [3.8, 4) is 5.75 Å². The summed E-state index contributed by atoms with van der Waals surface area (Å²) in [5, 5.41) is 0.215. The summed E-state index contributed by atoms with van der Waals surface area (Å²) in [7, 11) is 0. The molecular weight excluding hydrogens is 672 g/mol. The minimum atomic E-state index is -0.331. The first-order chi connectivity index (χ1) is 15.4. The second kappa shape index (κ2) is 10.6. The molecule has 0 N–H and O–H groups in total. The quantitative estimate of drug-likeness (QED) is 0.201. The van der Waals surface area contributed by atoms with Crippen molar-refractivity contribution >= 4 is 85.8 Å². The Balaban J connectivity index is 1.61. The Morgan fingerprint density at radius 3 is 2.47 bits per heavy atom. The Hall–Kier alpha value is -1.56. The van der Waals surface area contributed by atoms with Crippen molar-refractivity contribution in [2.45, 2.75) is 13.2 Å². The predicted octanol–water partition coefficient (Wildman–Crippen LogP) is 7.36. The fourth-order valence-corrected chi connectivity index (χ4v) is 6.21. The second-order valence-electron chi connectivity index (χ2n) is 6.94. The highest BCUT2D eigenvalue weighted by Crippen LogP contribution is 2.37. The van der Waals surface area contributed by atoms with Crippen LogP contribution in [0, 0.1) is 7.14 Å².